The SMILES string of the molecule is Cc1nc(NC(=O)[C@@H]2CC(=O)N(c3cccc(C(C)C)c3)C2)sc1-c1n[nH]c(=S)n1C. The van der Waals surface area contributed by atoms with Crippen molar-refractivity contribution < 1.29 is 9.59 Å². The van der Waals surface area contributed by atoms with Crippen LogP contribution in [0.25, 0.3) is 10.7 Å². The quantitative estimate of drug-likeness (QED) is 0.565. The van der Waals surface area contributed by atoms with Crippen LogP contribution in [-0.4, -0.2) is 38.1 Å². The molecule has 1 fully saturated rings. The smallest absolute Gasteiger partial charge is 0.231 e. The Morgan fingerprint density at radius 2 is 2.16 bits per heavy atom. The fourth-order valence-corrected chi connectivity index (χ4v) is 4.73. The van der Waals surface area contributed by atoms with Gasteiger partial charge >= 0.3 is 0 Å². The summed E-state index contributed by atoms with van der Waals surface area (Å²) in [6.07, 6.45) is 0.183. The number of hydrogen-bond acceptors (Lipinski definition) is 6. The van der Waals surface area contributed by atoms with Gasteiger partial charge in [0.05, 0.1) is 16.5 Å². The number of aromatic nitrogens is 4. The largest absolute Gasteiger partial charge is 0.312 e. The lowest BCUT2D eigenvalue weighted by atomic mass is 10.0. The first-order valence-electron chi connectivity index (χ1n) is 10.0. The lowest BCUT2D eigenvalue weighted by molar-refractivity contribution is -0.122. The van der Waals surface area contributed by atoms with E-state index < -0.39 is 5.92 Å². The molecule has 2 N–H and O–H groups in total. The van der Waals surface area contributed by atoms with Crippen LogP contribution in [0.15, 0.2) is 24.3 Å². The molecule has 1 saturated heterocycles. The van der Waals surface area contributed by atoms with Gasteiger partial charge in [-0.2, -0.15) is 5.10 Å². The predicted octanol–water partition coefficient (Wildman–Crippen LogP) is 4.02. The van der Waals surface area contributed by atoms with E-state index in [4.69, 9.17) is 12.2 Å². The van der Waals surface area contributed by atoms with Crippen LogP contribution in [0.2, 0.25) is 0 Å². The molecule has 1 atom stereocenters. The number of nitrogens with zero attached hydrogens (tertiary/aromatic N) is 4. The average molecular weight is 457 g/mol. The topological polar surface area (TPSA) is 95.9 Å². The third kappa shape index (κ3) is 4.17. The van der Waals surface area contributed by atoms with E-state index in [-0.39, 0.29) is 18.2 Å². The minimum Gasteiger partial charge on any atom is -0.312 e. The molecule has 0 bridgehead atoms. The van der Waals surface area contributed by atoms with Crippen molar-refractivity contribution in [2.45, 2.75) is 33.1 Å². The Bertz CT molecular complexity index is 1210. The number of H-pyrrole nitrogens is 1. The van der Waals surface area contributed by atoms with Crippen molar-refractivity contribution in [3.8, 4) is 10.7 Å². The molecule has 2 amide bonds. The third-order valence-electron chi connectivity index (χ3n) is 5.45. The van der Waals surface area contributed by atoms with Crippen molar-refractivity contribution in [3.63, 3.8) is 0 Å². The molecule has 3 heterocycles. The molecule has 2 aromatic heterocycles. The number of aromatic amines is 1. The number of rotatable bonds is 5. The second kappa shape index (κ2) is 8.35. The normalized spacial score (nSPS) is 16.4. The number of carbonyl (C=O) groups excluding carboxylic acids is 2. The van der Waals surface area contributed by atoms with Crippen molar-refractivity contribution in [3.05, 3.63) is 40.3 Å². The van der Waals surface area contributed by atoms with Gasteiger partial charge in [0.15, 0.2) is 15.7 Å². The maximum absolute atomic E-state index is 12.9. The zero-order chi connectivity index (χ0) is 22.3. The van der Waals surface area contributed by atoms with Crippen molar-refractivity contribution in [2.75, 3.05) is 16.8 Å². The Hall–Kier alpha value is -2.85. The van der Waals surface area contributed by atoms with Crippen LogP contribution in [0.1, 0.15) is 37.4 Å². The Morgan fingerprint density at radius 1 is 1.39 bits per heavy atom. The third-order valence-corrected chi connectivity index (χ3v) is 6.89. The molecular formula is C21H24N6O2S2. The zero-order valence-corrected chi connectivity index (χ0v) is 19.4. The van der Waals surface area contributed by atoms with Crippen LogP contribution in [0.3, 0.4) is 0 Å². The Labute approximate surface area is 189 Å². The molecule has 4 rings (SSSR count). The van der Waals surface area contributed by atoms with Gasteiger partial charge in [-0.15, -0.1) is 0 Å². The van der Waals surface area contributed by atoms with E-state index in [1.807, 2.05) is 32.2 Å². The first-order chi connectivity index (χ1) is 14.7. The van der Waals surface area contributed by atoms with Gasteiger partial charge in [-0.25, -0.2) is 4.98 Å². The summed E-state index contributed by atoms with van der Waals surface area (Å²) in [5, 5.41) is 10.4. The van der Waals surface area contributed by atoms with Crippen LogP contribution >= 0.6 is 23.6 Å². The number of benzene rings is 1. The molecule has 8 nitrogen and oxygen atoms in total. The molecule has 3 aromatic rings. The molecule has 0 saturated carbocycles. The first kappa shape index (κ1) is 21.4. The first-order valence-corrected chi connectivity index (χ1v) is 11.3. The summed E-state index contributed by atoms with van der Waals surface area (Å²) in [7, 11) is 1.82. The van der Waals surface area contributed by atoms with Gasteiger partial charge in [0.25, 0.3) is 0 Å². The second-order valence-electron chi connectivity index (χ2n) is 7.99. The van der Waals surface area contributed by atoms with Gasteiger partial charge in [-0.3, -0.25) is 14.7 Å². The highest BCUT2D eigenvalue weighted by Crippen LogP contribution is 2.33. The highest BCUT2D eigenvalue weighted by atomic mass is 32.1. The lowest BCUT2D eigenvalue weighted by Gasteiger charge is -2.18. The summed E-state index contributed by atoms with van der Waals surface area (Å²) >= 11 is 6.51. The fraction of sp³-hybridized carbons (Fsp3) is 0.381. The van der Waals surface area contributed by atoms with Crippen molar-refractivity contribution >= 4 is 46.2 Å². The molecule has 1 aliphatic heterocycles. The summed E-state index contributed by atoms with van der Waals surface area (Å²) in [6, 6.07) is 7.94. The van der Waals surface area contributed by atoms with Crippen molar-refractivity contribution in [2.24, 2.45) is 13.0 Å². The summed E-state index contributed by atoms with van der Waals surface area (Å²) in [5.41, 5.74) is 2.76. The summed E-state index contributed by atoms with van der Waals surface area (Å²) in [4.78, 5) is 32.5. The molecular weight excluding hydrogens is 432 g/mol. The number of hydrogen-bond donors (Lipinski definition) is 2. The number of amides is 2. The maximum atomic E-state index is 12.9. The second-order valence-corrected chi connectivity index (χ2v) is 9.38. The van der Waals surface area contributed by atoms with Crippen LogP contribution in [0, 0.1) is 17.6 Å². The number of nitrogens with one attached hydrogen (secondary N) is 2. The lowest BCUT2D eigenvalue weighted by Crippen LogP contribution is -2.28. The molecule has 0 spiro atoms. The highest BCUT2D eigenvalue weighted by molar-refractivity contribution is 7.71. The van der Waals surface area contributed by atoms with Gasteiger partial charge in [-0.1, -0.05) is 37.3 Å². The van der Waals surface area contributed by atoms with Gasteiger partial charge in [0.2, 0.25) is 11.8 Å². The van der Waals surface area contributed by atoms with Crippen LogP contribution < -0.4 is 10.2 Å². The van der Waals surface area contributed by atoms with Crippen molar-refractivity contribution in [1.29, 1.82) is 0 Å². The molecule has 10 heteroatoms. The Morgan fingerprint density at radius 3 is 2.84 bits per heavy atom. The molecule has 0 radical (unpaired) electrons. The number of anilines is 2. The number of carbonyl (C=O) groups is 2. The molecule has 1 aliphatic rings. The van der Waals surface area contributed by atoms with Crippen molar-refractivity contribution in [1.82, 2.24) is 19.7 Å². The summed E-state index contributed by atoms with van der Waals surface area (Å²) in [6.45, 7) is 6.45. The monoisotopic (exact) mass is 456 g/mol. The Kier molecular flexibility index (Phi) is 5.76. The number of aryl methyl sites for hydroxylation is 1. The van der Waals surface area contributed by atoms with E-state index in [1.54, 1.807) is 9.47 Å². The van der Waals surface area contributed by atoms with E-state index in [2.05, 4.69) is 40.4 Å². The summed E-state index contributed by atoms with van der Waals surface area (Å²) < 4.78 is 2.28. The maximum Gasteiger partial charge on any atom is 0.231 e. The molecule has 1 aromatic carbocycles. The van der Waals surface area contributed by atoms with Gasteiger partial charge < -0.3 is 14.8 Å². The van der Waals surface area contributed by atoms with Crippen LogP contribution in [-0.2, 0) is 16.6 Å². The Balaban J connectivity index is 1.48. The molecule has 31 heavy (non-hydrogen) atoms. The van der Waals surface area contributed by atoms with Gasteiger partial charge in [0, 0.05) is 25.7 Å². The van der Waals surface area contributed by atoms with Gasteiger partial charge in [0.1, 0.15) is 0 Å². The zero-order valence-electron chi connectivity index (χ0n) is 17.8. The van der Waals surface area contributed by atoms with E-state index in [0.717, 1.165) is 21.8 Å². The number of thiazole rings is 1. The predicted molar refractivity (Wildman–Crippen MR) is 124 cm³/mol. The van der Waals surface area contributed by atoms with Gasteiger partial charge in [-0.05, 0) is 42.8 Å². The average Bonchev–Trinajstić information content (AvgIpc) is 3.39. The minimum atomic E-state index is -0.427. The van der Waals surface area contributed by atoms with Crippen LogP contribution in [0.4, 0.5) is 10.8 Å². The van der Waals surface area contributed by atoms with Crippen LogP contribution in [0.5, 0.6) is 0 Å². The fourth-order valence-electron chi connectivity index (χ4n) is 3.60. The van der Waals surface area contributed by atoms with E-state index in [9.17, 15) is 9.59 Å². The van der Waals surface area contributed by atoms with E-state index in [0.29, 0.717) is 28.2 Å². The standard InChI is InChI=1S/C21H24N6O2S2/c1-11(2)13-6-5-7-15(8-13)27-10-14(9-16(27)28)19(29)23-20-22-12(3)17(31-20)18-24-25-21(30)26(18)4/h5-8,11,14H,9-10H2,1-4H3,(H,25,30)(H,22,23,29)/t14-/m1/s1. The minimum absolute atomic E-state index is 0.0430. The molecule has 0 unspecified atom stereocenters. The molecule has 162 valence electrons. The summed E-state index contributed by atoms with van der Waals surface area (Å²) in [5.74, 6) is 0.369. The van der Waals surface area contributed by atoms with E-state index in [1.165, 1.54) is 11.3 Å². The molecule has 0 aliphatic carbocycles. The highest BCUT2D eigenvalue weighted by Gasteiger charge is 2.35. The van der Waals surface area contributed by atoms with E-state index >= 15 is 0 Å².